The zero-order valence-corrected chi connectivity index (χ0v) is 7.20. The maximum absolute atomic E-state index is 10.1. The van der Waals surface area contributed by atoms with Crippen molar-refractivity contribution in [2.75, 3.05) is 13.7 Å². The minimum Gasteiger partial charge on any atom is -0.394 e. The SMILES string of the molecule is CO[C@@H]([C@H](O)[C@@H](O)CO)[C@@H](O)C=O. The molecule has 0 amide bonds. The molecule has 0 bridgehead atoms. The first kappa shape index (κ1) is 12.5. The predicted octanol–water partition coefficient (Wildman–Crippen LogP) is -2.72. The molecule has 0 heterocycles. The number of hydrogen-bond donors (Lipinski definition) is 4. The molecule has 0 aromatic carbocycles. The molecule has 6 heteroatoms. The van der Waals surface area contributed by atoms with E-state index in [1.807, 2.05) is 0 Å². The van der Waals surface area contributed by atoms with Crippen molar-refractivity contribution in [2.45, 2.75) is 24.4 Å². The van der Waals surface area contributed by atoms with Gasteiger partial charge in [0.1, 0.15) is 24.4 Å². The van der Waals surface area contributed by atoms with E-state index in [4.69, 9.17) is 15.3 Å². The quantitative estimate of drug-likeness (QED) is 0.342. The third-order valence-corrected chi connectivity index (χ3v) is 1.67. The van der Waals surface area contributed by atoms with Gasteiger partial charge in [0.2, 0.25) is 0 Å². The van der Waals surface area contributed by atoms with Crippen molar-refractivity contribution in [3.63, 3.8) is 0 Å². The van der Waals surface area contributed by atoms with E-state index in [0.29, 0.717) is 0 Å². The lowest BCUT2D eigenvalue weighted by Gasteiger charge is -2.25. The Bertz CT molecular complexity index is 150. The molecule has 0 rings (SSSR count). The minimum absolute atomic E-state index is 0.182. The summed E-state index contributed by atoms with van der Waals surface area (Å²) in [6.45, 7) is -0.674. The van der Waals surface area contributed by atoms with Crippen LogP contribution >= 0.6 is 0 Å². The Labute approximate surface area is 75.4 Å². The maximum Gasteiger partial charge on any atom is 0.151 e. The average molecular weight is 194 g/mol. The first-order valence-electron chi connectivity index (χ1n) is 3.71. The van der Waals surface area contributed by atoms with E-state index in [1.165, 1.54) is 7.11 Å². The number of aldehydes is 1. The number of aliphatic hydroxyl groups excluding tert-OH is 4. The van der Waals surface area contributed by atoms with Crippen LogP contribution in [0.4, 0.5) is 0 Å². The van der Waals surface area contributed by atoms with Gasteiger partial charge in [0.05, 0.1) is 6.61 Å². The number of hydrogen-bond acceptors (Lipinski definition) is 6. The molecule has 0 aliphatic heterocycles. The number of aliphatic hydroxyl groups is 4. The lowest BCUT2D eigenvalue weighted by Crippen LogP contribution is -2.47. The van der Waals surface area contributed by atoms with Crippen LogP contribution in [0.5, 0.6) is 0 Å². The summed E-state index contributed by atoms with van der Waals surface area (Å²) in [6, 6.07) is 0. The molecule has 4 N–H and O–H groups in total. The van der Waals surface area contributed by atoms with E-state index >= 15 is 0 Å². The topological polar surface area (TPSA) is 107 Å². The fraction of sp³-hybridized carbons (Fsp3) is 0.857. The van der Waals surface area contributed by atoms with Gasteiger partial charge in [-0.3, -0.25) is 0 Å². The van der Waals surface area contributed by atoms with Crippen LogP contribution < -0.4 is 0 Å². The summed E-state index contributed by atoms with van der Waals surface area (Å²) in [5.74, 6) is 0. The Morgan fingerprint density at radius 2 is 1.92 bits per heavy atom. The second-order valence-corrected chi connectivity index (χ2v) is 2.57. The van der Waals surface area contributed by atoms with E-state index in [0.717, 1.165) is 0 Å². The van der Waals surface area contributed by atoms with E-state index < -0.39 is 31.0 Å². The zero-order valence-electron chi connectivity index (χ0n) is 7.20. The minimum atomic E-state index is -1.53. The number of carbonyl (C=O) groups is 1. The molecular weight excluding hydrogens is 180 g/mol. The van der Waals surface area contributed by atoms with Gasteiger partial charge < -0.3 is 30.0 Å². The number of carbonyl (C=O) groups excluding carboxylic acids is 1. The molecule has 0 aliphatic rings. The van der Waals surface area contributed by atoms with Gasteiger partial charge in [-0.05, 0) is 0 Å². The summed E-state index contributed by atoms with van der Waals surface area (Å²) in [6.07, 6.45) is -5.53. The van der Waals surface area contributed by atoms with Crippen LogP contribution in [0, 0.1) is 0 Å². The van der Waals surface area contributed by atoms with E-state index in [2.05, 4.69) is 4.74 Å². The van der Waals surface area contributed by atoms with Crippen LogP contribution in [0.25, 0.3) is 0 Å². The summed E-state index contributed by atoms with van der Waals surface area (Å²) in [5.41, 5.74) is 0. The molecule has 0 saturated heterocycles. The van der Waals surface area contributed by atoms with Crippen LogP contribution in [0.1, 0.15) is 0 Å². The van der Waals surface area contributed by atoms with Gasteiger partial charge >= 0.3 is 0 Å². The van der Waals surface area contributed by atoms with Crippen LogP contribution in [-0.4, -0.2) is 64.8 Å². The van der Waals surface area contributed by atoms with Crippen LogP contribution in [0.2, 0.25) is 0 Å². The second-order valence-electron chi connectivity index (χ2n) is 2.57. The Balaban J connectivity index is 4.29. The Kier molecular flexibility index (Phi) is 5.76. The van der Waals surface area contributed by atoms with E-state index in [9.17, 15) is 9.90 Å². The second kappa shape index (κ2) is 6.01. The van der Waals surface area contributed by atoms with Gasteiger partial charge in [-0.15, -0.1) is 0 Å². The maximum atomic E-state index is 10.1. The van der Waals surface area contributed by atoms with E-state index in [1.54, 1.807) is 0 Å². The highest BCUT2D eigenvalue weighted by molar-refractivity contribution is 5.56. The molecule has 0 spiro atoms. The molecule has 0 aromatic rings. The van der Waals surface area contributed by atoms with E-state index in [-0.39, 0.29) is 6.29 Å². The summed E-state index contributed by atoms with van der Waals surface area (Å²) < 4.78 is 4.59. The summed E-state index contributed by atoms with van der Waals surface area (Å²) in [5, 5.41) is 35.6. The molecule has 0 aliphatic carbocycles. The first-order chi connectivity index (χ1) is 6.08. The van der Waals surface area contributed by atoms with Crippen molar-refractivity contribution in [3.8, 4) is 0 Å². The van der Waals surface area contributed by atoms with Gasteiger partial charge in [0.15, 0.2) is 6.29 Å². The van der Waals surface area contributed by atoms with Gasteiger partial charge in [-0.2, -0.15) is 0 Å². The predicted molar refractivity (Wildman–Crippen MR) is 42.0 cm³/mol. The van der Waals surface area contributed by atoms with Crippen LogP contribution in [0.15, 0.2) is 0 Å². The van der Waals surface area contributed by atoms with Gasteiger partial charge in [0, 0.05) is 7.11 Å². The molecule has 78 valence electrons. The van der Waals surface area contributed by atoms with Gasteiger partial charge in [0.25, 0.3) is 0 Å². The largest absolute Gasteiger partial charge is 0.394 e. The zero-order chi connectivity index (χ0) is 10.4. The molecule has 0 fully saturated rings. The van der Waals surface area contributed by atoms with Crippen LogP contribution in [-0.2, 0) is 9.53 Å². The van der Waals surface area contributed by atoms with Crippen molar-refractivity contribution >= 4 is 6.29 Å². The molecule has 13 heavy (non-hydrogen) atoms. The summed E-state index contributed by atoms with van der Waals surface area (Å²) in [7, 11) is 1.17. The smallest absolute Gasteiger partial charge is 0.151 e. The Morgan fingerprint density at radius 3 is 2.23 bits per heavy atom. The van der Waals surface area contributed by atoms with Crippen LogP contribution in [0.3, 0.4) is 0 Å². The average Bonchev–Trinajstić information content (AvgIpc) is 2.17. The summed E-state index contributed by atoms with van der Waals surface area (Å²) >= 11 is 0. The highest BCUT2D eigenvalue weighted by Crippen LogP contribution is 2.07. The molecule has 6 nitrogen and oxygen atoms in total. The third kappa shape index (κ3) is 3.37. The molecule has 0 aromatic heterocycles. The van der Waals surface area contributed by atoms with Crippen molar-refractivity contribution < 1.29 is 30.0 Å². The fourth-order valence-electron chi connectivity index (χ4n) is 0.885. The van der Waals surface area contributed by atoms with Gasteiger partial charge in [-0.1, -0.05) is 0 Å². The highest BCUT2D eigenvalue weighted by atomic mass is 16.5. The van der Waals surface area contributed by atoms with Crippen molar-refractivity contribution in [3.05, 3.63) is 0 Å². The van der Waals surface area contributed by atoms with Crippen molar-refractivity contribution in [1.82, 2.24) is 0 Å². The van der Waals surface area contributed by atoms with Crippen molar-refractivity contribution in [1.29, 1.82) is 0 Å². The number of ether oxygens (including phenoxy) is 1. The molecule has 0 saturated carbocycles. The third-order valence-electron chi connectivity index (χ3n) is 1.67. The lowest BCUT2D eigenvalue weighted by atomic mass is 10.0. The Hall–Kier alpha value is -0.530. The van der Waals surface area contributed by atoms with Crippen molar-refractivity contribution in [2.24, 2.45) is 0 Å². The summed E-state index contributed by atoms with van der Waals surface area (Å²) in [4.78, 5) is 10.1. The monoisotopic (exact) mass is 194 g/mol. The fourth-order valence-corrected chi connectivity index (χ4v) is 0.885. The number of methoxy groups -OCH3 is 1. The normalized spacial score (nSPS) is 20.4. The standard InChI is InChI=1S/C7H14O6/c1-13-7(5(11)3-9)6(12)4(10)2-8/h3-8,10-12H,2H2,1H3/t4-,5-,6+,7+/m0/s1. The lowest BCUT2D eigenvalue weighted by molar-refractivity contribution is -0.143. The number of rotatable bonds is 6. The Morgan fingerprint density at radius 1 is 1.38 bits per heavy atom. The molecule has 0 unspecified atom stereocenters. The molecule has 0 radical (unpaired) electrons. The molecule has 4 atom stereocenters. The van der Waals surface area contributed by atoms with Gasteiger partial charge in [-0.25, -0.2) is 0 Å². The highest BCUT2D eigenvalue weighted by Gasteiger charge is 2.31. The first-order valence-corrected chi connectivity index (χ1v) is 3.71. The molecular formula is C7H14O6.